The monoisotopic (exact) mass is 395 g/mol. The molecule has 1 aliphatic rings. The first kappa shape index (κ1) is 20.8. The van der Waals surface area contributed by atoms with E-state index in [1.807, 2.05) is 53.7 Å². The molecule has 1 N–H and O–H groups in total. The minimum atomic E-state index is -0.563. The standard InChI is InChI=1S/C24H26FNO3/c1-23(2,3)17-11-14(12-18(20(17)27)24(4,5)6)13-19-22(28)29-21(26-19)15-7-9-16(25)10-8-15/h7-13,27H,1-6H3. The van der Waals surface area contributed by atoms with Crippen LogP contribution in [0.1, 0.15) is 63.8 Å². The first-order valence-electron chi connectivity index (χ1n) is 9.53. The number of aromatic hydroxyl groups is 1. The van der Waals surface area contributed by atoms with Crippen LogP contribution in [-0.2, 0) is 20.4 Å². The van der Waals surface area contributed by atoms with Gasteiger partial charge >= 0.3 is 5.97 Å². The molecule has 0 radical (unpaired) electrons. The number of phenols is 1. The van der Waals surface area contributed by atoms with E-state index < -0.39 is 5.97 Å². The lowest BCUT2D eigenvalue weighted by molar-refractivity contribution is -0.129. The predicted octanol–water partition coefficient (Wildman–Crippen LogP) is 5.47. The molecule has 2 aromatic rings. The van der Waals surface area contributed by atoms with E-state index in [0.29, 0.717) is 5.56 Å². The van der Waals surface area contributed by atoms with Crippen LogP contribution < -0.4 is 0 Å². The molecule has 5 heteroatoms. The van der Waals surface area contributed by atoms with Crippen LogP contribution in [0, 0.1) is 5.82 Å². The molecule has 0 amide bonds. The number of esters is 1. The molecule has 29 heavy (non-hydrogen) atoms. The molecule has 0 spiro atoms. The second-order valence-electron chi connectivity index (χ2n) is 9.31. The van der Waals surface area contributed by atoms with Crippen LogP contribution >= 0.6 is 0 Å². The molecule has 1 heterocycles. The van der Waals surface area contributed by atoms with Crippen molar-refractivity contribution in [1.82, 2.24) is 0 Å². The fraction of sp³-hybridized carbons (Fsp3) is 0.333. The van der Waals surface area contributed by atoms with E-state index in [1.54, 1.807) is 6.08 Å². The smallest absolute Gasteiger partial charge is 0.363 e. The van der Waals surface area contributed by atoms with Crippen LogP contribution in [-0.4, -0.2) is 17.0 Å². The number of hydrogen-bond acceptors (Lipinski definition) is 4. The summed E-state index contributed by atoms with van der Waals surface area (Å²) in [6, 6.07) is 9.35. The minimum absolute atomic E-state index is 0.145. The first-order chi connectivity index (χ1) is 13.4. The fourth-order valence-corrected chi connectivity index (χ4v) is 3.17. The van der Waals surface area contributed by atoms with E-state index >= 15 is 0 Å². The highest BCUT2D eigenvalue weighted by Crippen LogP contribution is 2.40. The van der Waals surface area contributed by atoms with Crippen molar-refractivity contribution < 1.29 is 19.0 Å². The third-order valence-corrected chi connectivity index (χ3v) is 4.76. The van der Waals surface area contributed by atoms with E-state index in [2.05, 4.69) is 4.99 Å². The first-order valence-corrected chi connectivity index (χ1v) is 9.53. The Bertz CT molecular complexity index is 985. The molecule has 0 aromatic heterocycles. The number of carbonyl (C=O) groups is 1. The van der Waals surface area contributed by atoms with Gasteiger partial charge in [0, 0.05) is 16.7 Å². The average molecular weight is 395 g/mol. The molecule has 0 unspecified atom stereocenters. The Morgan fingerprint density at radius 3 is 1.97 bits per heavy atom. The number of phenolic OH excluding ortho intramolecular Hbond substituents is 1. The maximum absolute atomic E-state index is 13.1. The second kappa shape index (κ2) is 7.14. The molecule has 152 valence electrons. The van der Waals surface area contributed by atoms with Gasteiger partial charge in [-0.25, -0.2) is 14.2 Å². The molecule has 3 rings (SSSR count). The number of benzene rings is 2. The van der Waals surface area contributed by atoms with E-state index in [9.17, 15) is 14.3 Å². The van der Waals surface area contributed by atoms with E-state index in [-0.39, 0.29) is 34.0 Å². The average Bonchev–Trinajstić information content (AvgIpc) is 2.95. The van der Waals surface area contributed by atoms with Crippen molar-refractivity contribution in [3.63, 3.8) is 0 Å². The van der Waals surface area contributed by atoms with Crippen molar-refractivity contribution in [2.45, 2.75) is 52.4 Å². The Kier molecular flexibility index (Phi) is 5.11. The third-order valence-electron chi connectivity index (χ3n) is 4.76. The second-order valence-corrected chi connectivity index (χ2v) is 9.31. The van der Waals surface area contributed by atoms with Crippen molar-refractivity contribution in [2.24, 2.45) is 4.99 Å². The highest BCUT2D eigenvalue weighted by atomic mass is 19.1. The van der Waals surface area contributed by atoms with Gasteiger partial charge in [0.15, 0.2) is 5.70 Å². The Hall–Kier alpha value is -2.95. The number of carbonyl (C=O) groups excluding carboxylic acids is 1. The number of aliphatic imine (C=N–C) groups is 1. The lowest BCUT2D eigenvalue weighted by Crippen LogP contribution is -2.17. The topological polar surface area (TPSA) is 58.9 Å². The lowest BCUT2D eigenvalue weighted by atomic mass is 9.78. The molecule has 2 aromatic carbocycles. The molecule has 0 saturated carbocycles. The predicted molar refractivity (Wildman–Crippen MR) is 113 cm³/mol. The molecule has 0 fully saturated rings. The van der Waals surface area contributed by atoms with Gasteiger partial charge in [-0.2, -0.15) is 0 Å². The van der Waals surface area contributed by atoms with Crippen molar-refractivity contribution in [3.8, 4) is 5.75 Å². The van der Waals surface area contributed by atoms with Crippen LogP contribution in [0.2, 0.25) is 0 Å². The highest BCUT2D eigenvalue weighted by Gasteiger charge is 2.28. The molecule has 0 atom stereocenters. The zero-order valence-electron chi connectivity index (χ0n) is 17.6. The number of hydrogen-bond donors (Lipinski definition) is 1. The Balaban J connectivity index is 2.09. The zero-order chi connectivity index (χ0) is 21.6. The molecule has 0 saturated heterocycles. The normalized spacial score (nSPS) is 16.2. The van der Waals surface area contributed by atoms with Gasteiger partial charge in [0.2, 0.25) is 5.90 Å². The van der Waals surface area contributed by atoms with Gasteiger partial charge in [0.25, 0.3) is 0 Å². The van der Waals surface area contributed by atoms with Gasteiger partial charge in [-0.05, 0) is 58.9 Å². The quantitative estimate of drug-likeness (QED) is 0.542. The van der Waals surface area contributed by atoms with Gasteiger partial charge in [-0.3, -0.25) is 0 Å². The maximum Gasteiger partial charge on any atom is 0.363 e. The molecule has 0 aliphatic carbocycles. The summed E-state index contributed by atoms with van der Waals surface area (Å²) in [5.74, 6) is -0.515. The molecule has 4 nitrogen and oxygen atoms in total. The number of nitrogens with zero attached hydrogens (tertiary/aromatic N) is 1. The summed E-state index contributed by atoms with van der Waals surface area (Å²) in [6.07, 6.45) is 1.66. The molecule has 0 bridgehead atoms. The molecule has 1 aliphatic heterocycles. The minimum Gasteiger partial charge on any atom is -0.507 e. The third kappa shape index (κ3) is 4.39. The summed E-state index contributed by atoms with van der Waals surface area (Å²) < 4.78 is 18.4. The largest absolute Gasteiger partial charge is 0.507 e. The van der Waals surface area contributed by atoms with E-state index in [0.717, 1.165) is 16.7 Å². The molecular formula is C24H26FNO3. The van der Waals surface area contributed by atoms with Crippen LogP contribution in [0.5, 0.6) is 5.75 Å². The SMILES string of the molecule is CC(C)(C)c1cc(C=C2N=C(c3ccc(F)cc3)OC2=O)cc(C(C)(C)C)c1O. The summed E-state index contributed by atoms with van der Waals surface area (Å²) in [5.41, 5.74) is 2.48. The Morgan fingerprint density at radius 1 is 0.966 bits per heavy atom. The maximum atomic E-state index is 13.1. The van der Waals surface area contributed by atoms with Crippen LogP contribution in [0.3, 0.4) is 0 Å². The van der Waals surface area contributed by atoms with Gasteiger partial charge in [-0.1, -0.05) is 41.5 Å². The lowest BCUT2D eigenvalue weighted by Gasteiger charge is -2.27. The summed E-state index contributed by atoms with van der Waals surface area (Å²) in [4.78, 5) is 16.6. The molecular weight excluding hydrogens is 369 g/mol. The number of ether oxygens (including phenoxy) is 1. The van der Waals surface area contributed by atoms with Crippen molar-refractivity contribution in [3.05, 3.63) is 70.2 Å². The van der Waals surface area contributed by atoms with Crippen molar-refractivity contribution in [2.75, 3.05) is 0 Å². The number of cyclic esters (lactones) is 1. The highest BCUT2D eigenvalue weighted by molar-refractivity contribution is 6.12. The van der Waals surface area contributed by atoms with Gasteiger partial charge in [-0.15, -0.1) is 0 Å². The number of halogens is 1. The summed E-state index contributed by atoms with van der Waals surface area (Å²) in [7, 11) is 0. The van der Waals surface area contributed by atoms with E-state index in [1.165, 1.54) is 24.3 Å². The van der Waals surface area contributed by atoms with E-state index in [4.69, 9.17) is 4.74 Å². The Labute approximate surface area is 170 Å². The van der Waals surface area contributed by atoms with Gasteiger partial charge < -0.3 is 9.84 Å². The summed E-state index contributed by atoms with van der Waals surface area (Å²) in [6.45, 7) is 12.2. The van der Waals surface area contributed by atoms with Crippen LogP contribution in [0.25, 0.3) is 6.08 Å². The van der Waals surface area contributed by atoms with Crippen molar-refractivity contribution in [1.29, 1.82) is 0 Å². The summed E-state index contributed by atoms with van der Waals surface area (Å²) >= 11 is 0. The summed E-state index contributed by atoms with van der Waals surface area (Å²) in [5, 5.41) is 10.8. The zero-order valence-corrected chi connectivity index (χ0v) is 17.6. The van der Waals surface area contributed by atoms with Crippen LogP contribution in [0.4, 0.5) is 4.39 Å². The van der Waals surface area contributed by atoms with Crippen molar-refractivity contribution >= 4 is 17.9 Å². The Morgan fingerprint density at radius 2 is 1.48 bits per heavy atom. The van der Waals surface area contributed by atoms with Crippen LogP contribution in [0.15, 0.2) is 47.1 Å². The fourth-order valence-electron chi connectivity index (χ4n) is 3.17. The van der Waals surface area contributed by atoms with Gasteiger partial charge in [0.05, 0.1) is 0 Å². The van der Waals surface area contributed by atoms with Gasteiger partial charge in [0.1, 0.15) is 11.6 Å². The number of rotatable bonds is 2.